The summed E-state index contributed by atoms with van der Waals surface area (Å²) in [5.74, 6) is 0.902. The first kappa shape index (κ1) is 20.4. The minimum Gasteiger partial charge on any atom is -0.343 e. The number of amides is 2. The number of rotatable bonds is 5. The second kappa shape index (κ2) is 8.57. The van der Waals surface area contributed by atoms with Crippen LogP contribution in [0.5, 0.6) is 0 Å². The Morgan fingerprint density at radius 3 is 2.62 bits per heavy atom. The highest BCUT2D eigenvalue weighted by Gasteiger charge is 2.35. The maximum Gasteiger partial charge on any atom is 0.258 e. The fourth-order valence-corrected chi connectivity index (χ4v) is 4.87. The molecule has 3 aromatic rings. The number of anilines is 1. The number of nitrogens with zero attached hydrogens (tertiary/aromatic N) is 3. The molecule has 1 aromatic heterocycles. The molecule has 1 fully saturated rings. The van der Waals surface area contributed by atoms with Crippen LogP contribution < -0.4 is 10.5 Å². The van der Waals surface area contributed by atoms with Crippen LogP contribution in [-0.2, 0) is 22.4 Å². The monoisotopic (exact) mass is 430 g/mol. The van der Waals surface area contributed by atoms with Crippen LogP contribution in [0.4, 0.5) is 5.69 Å². The van der Waals surface area contributed by atoms with Crippen molar-refractivity contribution < 1.29 is 9.59 Å². The average molecular weight is 431 g/mol. The van der Waals surface area contributed by atoms with Gasteiger partial charge in [0.15, 0.2) is 0 Å². The molecule has 0 spiro atoms. The van der Waals surface area contributed by atoms with E-state index < -0.39 is 0 Å². The van der Waals surface area contributed by atoms with E-state index in [0.717, 1.165) is 24.1 Å². The van der Waals surface area contributed by atoms with Gasteiger partial charge in [0.05, 0.1) is 17.3 Å². The number of fused-ring (bicyclic) bond motifs is 2. The van der Waals surface area contributed by atoms with Gasteiger partial charge in [-0.1, -0.05) is 30.3 Å². The second-order valence-electron chi connectivity index (χ2n) is 8.56. The number of nitrogens with one attached hydrogen (secondary N) is 1. The lowest BCUT2D eigenvalue weighted by Gasteiger charge is -2.37. The van der Waals surface area contributed by atoms with E-state index in [2.05, 4.69) is 9.97 Å². The smallest absolute Gasteiger partial charge is 0.258 e. The van der Waals surface area contributed by atoms with Crippen LogP contribution in [0.1, 0.15) is 37.1 Å². The Morgan fingerprint density at radius 2 is 1.78 bits per heavy atom. The lowest BCUT2D eigenvalue weighted by atomic mass is 10.0. The lowest BCUT2D eigenvalue weighted by Crippen LogP contribution is -2.48. The van der Waals surface area contributed by atoms with Gasteiger partial charge in [-0.3, -0.25) is 14.4 Å². The summed E-state index contributed by atoms with van der Waals surface area (Å²) in [4.78, 5) is 48.6. The molecule has 1 saturated heterocycles. The standard InChI is InChI=1S/C25H26N4O3/c30-23(11-5-10-22-26-20-8-3-2-7-19(20)25(32)27-22)28-14-12-18(13-15-28)29-21-9-4-1-6-17(21)16-24(29)31/h1-4,6-9,18H,5,10-16H2,(H,26,27,32). The first-order valence-corrected chi connectivity index (χ1v) is 11.3. The van der Waals surface area contributed by atoms with E-state index >= 15 is 0 Å². The van der Waals surface area contributed by atoms with E-state index in [0.29, 0.717) is 55.5 Å². The van der Waals surface area contributed by atoms with E-state index in [1.807, 2.05) is 52.3 Å². The van der Waals surface area contributed by atoms with Crippen molar-refractivity contribution in [1.82, 2.24) is 14.9 Å². The van der Waals surface area contributed by atoms with Gasteiger partial charge in [0, 0.05) is 37.7 Å². The van der Waals surface area contributed by atoms with Gasteiger partial charge in [-0.15, -0.1) is 0 Å². The van der Waals surface area contributed by atoms with Crippen molar-refractivity contribution in [2.75, 3.05) is 18.0 Å². The number of hydrogen-bond donors (Lipinski definition) is 1. The molecule has 0 unspecified atom stereocenters. The van der Waals surface area contributed by atoms with E-state index in [9.17, 15) is 14.4 Å². The number of para-hydroxylation sites is 2. The number of aromatic nitrogens is 2. The Kier molecular flexibility index (Phi) is 5.47. The van der Waals surface area contributed by atoms with Gasteiger partial charge in [-0.25, -0.2) is 4.98 Å². The number of aryl methyl sites for hydroxylation is 1. The maximum atomic E-state index is 12.7. The van der Waals surface area contributed by atoms with Gasteiger partial charge in [-0.2, -0.15) is 0 Å². The minimum atomic E-state index is -0.142. The van der Waals surface area contributed by atoms with Crippen molar-refractivity contribution in [3.8, 4) is 0 Å². The van der Waals surface area contributed by atoms with Crippen LogP contribution in [0.3, 0.4) is 0 Å². The van der Waals surface area contributed by atoms with Crippen molar-refractivity contribution in [3.05, 3.63) is 70.3 Å². The third kappa shape index (κ3) is 3.90. The summed E-state index contributed by atoms with van der Waals surface area (Å²) in [6.07, 6.45) is 3.68. The Balaban J connectivity index is 1.14. The number of likely N-dealkylation sites (tertiary alicyclic amines) is 1. The van der Waals surface area contributed by atoms with Crippen molar-refractivity contribution >= 4 is 28.4 Å². The molecule has 0 aliphatic carbocycles. The molecule has 1 N–H and O–H groups in total. The predicted molar refractivity (Wildman–Crippen MR) is 123 cm³/mol. The van der Waals surface area contributed by atoms with Crippen molar-refractivity contribution in [2.24, 2.45) is 0 Å². The predicted octanol–water partition coefficient (Wildman–Crippen LogP) is 2.83. The van der Waals surface area contributed by atoms with E-state index in [4.69, 9.17) is 0 Å². The Labute approximate surface area is 186 Å². The summed E-state index contributed by atoms with van der Waals surface area (Å²) in [6.45, 7) is 1.33. The number of hydrogen-bond acceptors (Lipinski definition) is 4. The number of piperidine rings is 1. The highest BCUT2D eigenvalue weighted by atomic mass is 16.2. The minimum absolute atomic E-state index is 0.125. The van der Waals surface area contributed by atoms with Gasteiger partial charge in [0.2, 0.25) is 11.8 Å². The fourth-order valence-electron chi connectivity index (χ4n) is 4.87. The molecule has 2 aliphatic heterocycles. The topological polar surface area (TPSA) is 86.4 Å². The summed E-state index contributed by atoms with van der Waals surface area (Å²) < 4.78 is 0. The third-order valence-corrected chi connectivity index (χ3v) is 6.51. The summed E-state index contributed by atoms with van der Waals surface area (Å²) in [6, 6.07) is 15.4. The third-order valence-electron chi connectivity index (χ3n) is 6.51. The van der Waals surface area contributed by atoms with E-state index in [-0.39, 0.29) is 23.4 Å². The molecule has 32 heavy (non-hydrogen) atoms. The normalized spacial score (nSPS) is 16.6. The first-order valence-electron chi connectivity index (χ1n) is 11.3. The molecule has 0 radical (unpaired) electrons. The highest BCUT2D eigenvalue weighted by molar-refractivity contribution is 6.01. The quantitative estimate of drug-likeness (QED) is 0.674. The first-order chi connectivity index (χ1) is 15.6. The number of carbonyl (C=O) groups is 2. The summed E-state index contributed by atoms with van der Waals surface area (Å²) >= 11 is 0. The molecule has 0 atom stereocenters. The maximum absolute atomic E-state index is 12.7. The van der Waals surface area contributed by atoms with Gasteiger partial charge < -0.3 is 14.8 Å². The van der Waals surface area contributed by atoms with Crippen LogP contribution in [0.15, 0.2) is 53.3 Å². The van der Waals surface area contributed by atoms with E-state index in [1.54, 1.807) is 6.07 Å². The molecule has 164 valence electrons. The molecule has 5 rings (SSSR count). The Morgan fingerprint density at radius 1 is 1.03 bits per heavy atom. The molecule has 2 aliphatic rings. The summed E-state index contributed by atoms with van der Waals surface area (Å²) in [5.41, 5.74) is 2.66. The summed E-state index contributed by atoms with van der Waals surface area (Å²) in [7, 11) is 0. The molecule has 3 heterocycles. The van der Waals surface area contributed by atoms with Crippen LogP contribution >= 0.6 is 0 Å². The van der Waals surface area contributed by atoms with Crippen molar-refractivity contribution in [3.63, 3.8) is 0 Å². The molecule has 0 bridgehead atoms. The van der Waals surface area contributed by atoms with E-state index in [1.165, 1.54) is 0 Å². The molecule has 2 amide bonds. The average Bonchev–Trinajstić information content (AvgIpc) is 3.15. The van der Waals surface area contributed by atoms with Gasteiger partial charge in [-0.05, 0) is 43.0 Å². The fraction of sp³-hybridized carbons (Fsp3) is 0.360. The number of benzene rings is 2. The van der Waals surface area contributed by atoms with Crippen molar-refractivity contribution in [1.29, 1.82) is 0 Å². The summed E-state index contributed by atoms with van der Waals surface area (Å²) in [5, 5.41) is 0.578. The molecule has 0 saturated carbocycles. The van der Waals surface area contributed by atoms with Crippen LogP contribution in [-0.4, -0.2) is 45.8 Å². The van der Waals surface area contributed by atoms with Crippen LogP contribution in [0.25, 0.3) is 10.9 Å². The van der Waals surface area contributed by atoms with Gasteiger partial charge in [0.25, 0.3) is 5.56 Å². The van der Waals surface area contributed by atoms with Crippen LogP contribution in [0, 0.1) is 0 Å². The van der Waals surface area contributed by atoms with Gasteiger partial charge >= 0.3 is 0 Å². The Hall–Kier alpha value is -3.48. The number of aromatic amines is 1. The lowest BCUT2D eigenvalue weighted by molar-refractivity contribution is -0.132. The van der Waals surface area contributed by atoms with Crippen molar-refractivity contribution in [2.45, 2.75) is 44.6 Å². The largest absolute Gasteiger partial charge is 0.343 e. The molecular formula is C25H26N4O3. The molecule has 7 nitrogen and oxygen atoms in total. The number of H-pyrrole nitrogens is 1. The highest BCUT2D eigenvalue weighted by Crippen LogP contribution is 2.33. The SMILES string of the molecule is O=C(CCCc1nc2ccccc2c(=O)[nH]1)N1CCC(N2C(=O)Cc3ccccc32)CC1. The number of carbonyl (C=O) groups excluding carboxylic acids is 2. The van der Waals surface area contributed by atoms with Crippen LogP contribution in [0.2, 0.25) is 0 Å². The van der Waals surface area contributed by atoms with Gasteiger partial charge in [0.1, 0.15) is 5.82 Å². The molecule has 7 heteroatoms. The zero-order valence-electron chi connectivity index (χ0n) is 17.9. The second-order valence-corrected chi connectivity index (χ2v) is 8.56. The molecular weight excluding hydrogens is 404 g/mol. The molecule has 2 aromatic carbocycles. The Bertz CT molecular complexity index is 1230. The zero-order valence-corrected chi connectivity index (χ0v) is 17.9. The zero-order chi connectivity index (χ0) is 22.1.